The molecule has 78 valence electrons. The molecule has 0 amide bonds. The monoisotopic (exact) mass is 218 g/mol. The van der Waals surface area contributed by atoms with Crippen molar-refractivity contribution in [1.29, 1.82) is 0 Å². The highest BCUT2D eigenvalue weighted by atomic mass is 32.1. The molecule has 0 atom stereocenters. The third kappa shape index (κ3) is 2.18. The Hall–Kier alpha value is -1.35. The van der Waals surface area contributed by atoms with Crippen LogP contribution in [0.15, 0.2) is 24.4 Å². The van der Waals surface area contributed by atoms with Crippen LogP contribution >= 0.6 is 11.3 Å². The molecule has 1 N–H and O–H groups in total. The van der Waals surface area contributed by atoms with Gasteiger partial charge in [0.15, 0.2) is 5.13 Å². The van der Waals surface area contributed by atoms with Crippen LogP contribution in [0, 0.1) is 13.8 Å². The summed E-state index contributed by atoms with van der Waals surface area (Å²) in [6.45, 7) is 4.24. The van der Waals surface area contributed by atoms with E-state index in [0.29, 0.717) is 0 Å². The van der Waals surface area contributed by atoms with Crippen molar-refractivity contribution in [2.45, 2.75) is 13.8 Å². The quantitative estimate of drug-likeness (QED) is 0.835. The van der Waals surface area contributed by atoms with Gasteiger partial charge in [0.1, 0.15) is 0 Å². The SMILES string of the molecule is CNc1ncc(-c2cc(C)cc(C)c2)s1. The fourth-order valence-electron chi connectivity index (χ4n) is 1.64. The topological polar surface area (TPSA) is 24.9 Å². The van der Waals surface area contributed by atoms with E-state index in [-0.39, 0.29) is 0 Å². The number of benzene rings is 1. The molecule has 0 saturated carbocycles. The second-order valence-corrected chi connectivity index (χ2v) is 4.69. The zero-order valence-electron chi connectivity index (χ0n) is 9.16. The van der Waals surface area contributed by atoms with Crippen LogP contribution in [0.2, 0.25) is 0 Å². The van der Waals surface area contributed by atoms with E-state index in [1.807, 2.05) is 13.2 Å². The number of rotatable bonds is 2. The second kappa shape index (κ2) is 4.03. The molecule has 2 nitrogen and oxygen atoms in total. The Kier molecular flexibility index (Phi) is 2.73. The van der Waals surface area contributed by atoms with Crippen LogP contribution in [0.4, 0.5) is 5.13 Å². The van der Waals surface area contributed by atoms with Gasteiger partial charge < -0.3 is 5.32 Å². The molecule has 0 fully saturated rings. The largest absolute Gasteiger partial charge is 0.365 e. The highest BCUT2D eigenvalue weighted by Crippen LogP contribution is 2.29. The van der Waals surface area contributed by atoms with E-state index in [2.05, 4.69) is 42.3 Å². The van der Waals surface area contributed by atoms with Crippen molar-refractivity contribution < 1.29 is 0 Å². The molecule has 1 aromatic carbocycles. The molecule has 0 aliphatic carbocycles. The molecule has 0 bridgehead atoms. The fourth-order valence-corrected chi connectivity index (χ4v) is 2.40. The summed E-state index contributed by atoms with van der Waals surface area (Å²) in [5, 5.41) is 4.02. The smallest absolute Gasteiger partial charge is 0.182 e. The van der Waals surface area contributed by atoms with E-state index < -0.39 is 0 Å². The van der Waals surface area contributed by atoms with Gasteiger partial charge in [0, 0.05) is 13.2 Å². The number of nitrogens with zero attached hydrogens (tertiary/aromatic N) is 1. The first kappa shape index (κ1) is 10.2. The maximum absolute atomic E-state index is 4.28. The molecule has 0 saturated heterocycles. The Morgan fingerprint density at radius 3 is 2.33 bits per heavy atom. The molecule has 0 aliphatic rings. The lowest BCUT2D eigenvalue weighted by molar-refractivity contribution is 1.36. The first-order chi connectivity index (χ1) is 7.19. The van der Waals surface area contributed by atoms with Crippen LogP contribution in [0.3, 0.4) is 0 Å². The lowest BCUT2D eigenvalue weighted by Gasteiger charge is -2.01. The third-order valence-corrected chi connectivity index (χ3v) is 3.29. The van der Waals surface area contributed by atoms with Gasteiger partial charge in [-0.3, -0.25) is 0 Å². The van der Waals surface area contributed by atoms with Crippen molar-refractivity contribution in [3.8, 4) is 10.4 Å². The molecular formula is C12H14N2S. The van der Waals surface area contributed by atoms with Crippen molar-refractivity contribution >= 4 is 16.5 Å². The van der Waals surface area contributed by atoms with E-state index >= 15 is 0 Å². The summed E-state index contributed by atoms with van der Waals surface area (Å²) in [4.78, 5) is 5.49. The van der Waals surface area contributed by atoms with Crippen molar-refractivity contribution in [3.63, 3.8) is 0 Å². The molecule has 2 aromatic rings. The Labute approximate surface area is 94.0 Å². The highest BCUT2D eigenvalue weighted by Gasteiger charge is 2.04. The molecule has 1 aromatic heterocycles. The van der Waals surface area contributed by atoms with Gasteiger partial charge in [-0.05, 0) is 19.4 Å². The van der Waals surface area contributed by atoms with Gasteiger partial charge in [-0.2, -0.15) is 0 Å². The third-order valence-electron chi connectivity index (χ3n) is 2.23. The van der Waals surface area contributed by atoms with Crippen LogP contribution in [-0.2, 0) is 0 Å². The predicted octanol–water partition coefficient (Wildman–Crippen LogP) is 3.47. The molecule has 2 rings (SSSR count). The van der Waals surface area contributed by atoms with E-state index in [0.717, 1.165) is 5.13 Å². The minimum absolute atomic E-state index is 0.962. The zero-order valence-corrected chi connectivity index (χ0v) is 9.98. The van der Waals surface area contributed by atoms with Crippen LogP contribution in [0.5, 0.6) is 0 Å². The second-order valence-electron chi connectivity index (χ2n) is 3.66. The average Bonchev–Trinajstić information content (AvgIpc) is 2.64. The van der Waals surface area contributed by atoms with Gasteiger partial charge >= 0.3 is 0 Å². The highest BCUT2D eigenvalue weighted by molar-refractivity contribution is 7.18. The van der Waals surface area contributed by atoms with Crippen molar-refractivity contribution in [1.82, 2.24) is 4.98 Å². The Morgan fingerprint density at radius 2 is 1.80 bits per heavy atom. The molecule has 0 spiro atoms. The van der Waals surface area contributed by atoms with Crippen molar-refractivity contribution in [3.05, 3.63) is 35.5 Å². The first-order valence-corrected chi connectivity index (χ1v) is 5.73. The number of nitrogens with one attached hydrogen (secondary N) is 1. The Bertz CT molecular complexity index is 454. The first-order valence-electron chi connectivity index (χ1n) is 4.91. The number of hydrogen-bond donors (Lipinski definition) is 1. The number of thiazole rings is 1. The molecule has 0 aliphatic heterocycles. The lowest BCUT2D eigenvalue weighted by Crippen LogP contribution is -1.83. The van der Waals surface area contributed by atoms with Crippen LogP contribution in [0.1, 0.15) is 11.1 Å². The number of anilines is 1. The predicted molar refractivity (Wildman–Crippen MR) is 66.6 cm³/mol. The van der Waals surface area contributed by atoms with Gasteiger partial charge in [-0.25, -0.2) is 4.98 Å². The van der Waals surface area contributed by atoms with Gasteiger partial charge in [0.05, 0.1) is 4.88 Å². The fraction of sp³-hybridized carbons (Fsp3) is 0.250. The standard InChI is InChI=1S/C12H14N2S/c1-8-4-9(2)6-10(5-8)11-7-14-12(13-3)15-11/h4-7H,1-3H3,(H,13,14). The van der Waals surface area contributed by atoms with Crippen molar-refractivity contribution in [2.75, 3.05) is 12.4 Å². The normalized spacial score (nSPS) is 10.3. The summed E-state index contributed by atoms with van der Waals surface area (Å²) in [6, 6.07) is 6.57. The zero-order chi connectivity index (χ0) is 10.8. The van der Waals surface area contributed by atoms with Crippen LogP contribution in [0.25, 0.3) is 10.4 Å². The Morgan fingerprint density at radius 1 is 1.13 bits per heavy atom. The number of hydrogen-bond acceptors (Lipinski definition) is 3. The summed E-state index contributed by atoms with van der Waals surface area (Å²) >= 11 is 1.68. The lowest BCUT2D eigenvalue weighted by atomic mass is 10.1. The average molecular weight is 218 g/mol. The molecule has 15 heavy (non-hydrogen) atoms. The molecule has 3 heteroatoms. The van der Waals surface area contributed by atoms with Crippen molar-refractivity contribution in [2.24, 2.45) is 0 Å². The summed E-state index contributed by atoms with van der Waals surface area (Å²) in [7, 11) is 1.89. The van der Waals surface area contributed by atoms with E-state index in [1.54, 1.807) is 11.3 Å². The van der Waals surface area contributed by atoms with Gasteiger partial charge in [0.25, 0.3) is 0 Å². The Balaban J connectivity index is 2.44. The summed E-state index contributed by atoms with van der Waals surface area (Å²) in [5.41, 5.74) is 3.85. The van der Waals surface area contributed by atoms with Gasteiger partial charge in [0.2, 0.25) is 0 Å². The van der Waals surface area contributed by atoms with E-state index in [1.165, 1.54) is 21.6 Å². The maximum Gasteiger partial charge on any atom is 0.182 e. The van der Waals surface area contributed by atoms with Crippen LogP contribution in [-0.4, -0.2) is 12.0 Å². The summed E-state index contributed by atoms with van der Waals surface area (Å²) < 4.78 is 0. The maximum atomic E-state index is 4.28. The number of aromatic nitrogens is 1. The van der Waals surface area contributed by atoms with Gasteiger partial charge in [-0.1, -0.05) is 40.7 Å². The minimum atomic E-state index is 0.962. The molecule has 1 heterocycles. The number of aryl methyl sites for hydroxylation is 2. The van der Waals surface area contributed by atoms with Crippen LogP contribution < -0.4 is 5.32 Å². The molecule has 0 radical (unpaired) electrons. The summed E-state index contributed by atoms with van der Waals surface area (Å²) in [5.74, 6) is 0. The summed E-state index contributed by atoms with van der Waals surface area (Å²) in [6.07, 6.45) is 1.92. The van der Waals surface area contributed by atoms with E-state index in [9.17, 15) is 0 Å². The minimum Gasteiger partial charge on any atom is -0.365 e. The van der Waals surface area contributed by atoms with E-state index in [4.69, 9.17) is 0 Å². The molecule has 0 unspecified atom stereocenters. The molecular weight excluding hydrogens is 204 g/mol. The van der Waals surface area contributed by atoms with Gasteiger partial charge in [-0.15, -0.1) is 0 Å².